The number of amides is 1. The zero-order valence-corrected chi connectivity index (χ0v) is 21.0. The van der Waals surface area contributed by atoms with Gasteiger partial charge in [-0.05, 0) is 47.6 Å². The van der Waals surface area contributed by atoms with E-state index in [1.54, 1.807) is 18.2 Å². The Kier molecular flexibility index (Phi) is 7.08. The molecule has 1 amide bonds. The van der Waals surface area contributed by atoms with Crippen molar-refractivity contribution in [2.45, 2.75) is 58.4 Å². The lowest BCUT2D eigenvalue weighted by Crippen LogP contribution is -2.40. The van der Waals surface area contributed by atoms with E-state index in [-0.39, 0.29) is 23.7 Å². The average Bonchev–Trinajstić information content (AvgIpc) is 3.33. The molecule has 1 fully saturated rings. The number of aromatic amines is 1. The Hall–Kier alpha value is -3.06. The first-order valence-electron chi connectivity index (χ1n) is 11.8. The van der Waals surface area contributed by atoms with Gasteiger partial charge in [0.05, 0.1) is 10.4 Å². The number of hydrogen-bond acceptors (Lipinski definition) is 4. The van der Waals surface area contributed by atoms with E-state index in [0.29, 0.717) is 29.3 Å². The SMILES string of the molecule is CC(C)(C)c1cccc(-c2nc(-c3cc(CNC(=O)C4(CF)CCCC4)ccc3Cl)[nH]c(=O)n2)c1. The van der Waals surface area contributed by atoms with Crippen LogP contribution in [0.2, 0.25) is 5.02 Å². The number of aromatic nitrogens is 3. The lowest BCUT2D eigenvalue weighted by atomic mass is 9.86. The number of alkyl halides is 1. The van der Waals surface area contributed by atoms with Gasteiger partial charge in [-0.25, -0.2) is 14.2 Å². The lowest BCUT2D eigenvalue weighted by Gasteiger charge is -2.24. The maximum absolute atomic E-state index is 13.6. The summed E-state index contributed by atoms with van der Waals surface area (Å²) >= 11 is 6.46. The van der Waals surface area contributed by atoms with E-state index >= 15 is 0 Å². The Morgan fingerprint density at radius 1 is 1.14 bits per heavy atom. The Bertz CT molecular complexity index is 1290. The molecule has 8 heteroatoms. The minimum atomic E-state index is -0.913. The molecule has 1 aliphatic rings. The number of carbonyl (C=O) groups excluding carboxylic acids is 1. The number of halogens is 2. The van der Waals surface area contributed by atoms with Gasteiger partial charge in [-0.3, -0.25) is 9.78 Å². The Morgan fingerprint density at radius 3 is 2.57 bits per heavy atom. The molecule has 0 atom stereocenters. The Morgan fingerprint density at radius 2 is 1.89 bits per heavy atom. The molecule has 3 aromatic rings. The fourth-order valence-electron chi connectivity index (χ4n) is 4.47. The van der Waals surface area contributed by atoms with E-state index in [1.165, 1.54) is 0 Å². The minimum Gasteiger partial charge on any atom is -0.351 e. The first-order valence-corrected chi connectivity index (χ1v) is 12.2. The van der Waals surface area contributed by atoms with Crippen molar-refractivity contribution >= 4 is 17.5 Å². The molecule has 2 aromatic carbocycles. The third-order valence-electron chi connectivity index (χ3n) is 6.67. The highest BCUT2D eigenvalue weighted by Crippen LogP contribution is 2.39. The summed E-state index contributed by atoms with van der Waals surface area (Å²) in [7, 11) is 0. The third-order valence-corrected chi connectivity index (χ3v) is 7.00. The fraction of sp³-hybridized carbons (Fsp3) is 0.407. The summed E-state index contributed by atoms with van der Waals surface area (Å²) in [4.78, 5) is 36.5. The normalized spacial score (nSPS) is 15.2. The topological polar surface area (TPSA) is 87.7 Å². The second-order valence-corrected chi connectivity index (χ2v) is 10.7. The van der Waals surface area contributed by atoms with Crippen molar-refractivity contribution < 1.29 is 9.18 Å². The minimum absolute atomic E-state index is 0.0681. The predicted molar refractivity (Wildman–Crippen MR) is 136 cm³/mol. The van der Waals surface area contributed by atoms with Crippen molar-refractivity contribution in [2.75, 3.05) is 6.67 Å². The van der Waals surface area contributed by atoms with Crippen LogP contribution in [0.1, 0.15) is 57.6 Å². The molecule has 184 valence electrons. The third kappa shape index (κ3) is 5.45. The van der Waals surface area contributed by atoms with Crippen LogP contribution in [0.25, 0.3) is 22.8 Å². The van der Waals surface area contributed by atoms with Crippen LogP contribution in [0.4, 0.5) is 4.39 Å². The molecule has 35 heavy (non-hydrogen) atoms. The van der Waals surface area contributed by atoms with Crippen LogP contribution in [-0.2, 0) is 16.8 Å². The van der Waals surface area contributed by atoms with Gasteiger partial charge in [0, 0.05) is 17.7 Å². The van der Waals surface area contributed by atoms with Gasteiger partial charge in [0.2, 0.25) is 5.91 Å². The first-order chi connectivity index (χ1) is 16.6. The summed E-state index contributed by atoms with van der Waals surface area (Å²) in [5.74, 6) is 0.330. The molecular formula is C27H30ClFN4O2. The van der Waals surface area contributed by atoms with Crippen LogP contribution < -0.4 is 11.0 Å². The first kappa shape index (κ1) is 25.0. The van der Waals surface area contributed by atoms with Crippen molar-refractivity contribution in [3.63, 3.8) is 0 Å². The van der Waals surface area contributed by atoms with Crippen LogP contribution in [0.5, 0.6) is 0 Å². The van der Waals surface area contributed by atoms with E-state index < -0.39 is 17.8 Å². The standard InChI is InChI=1S/C27H30ClFN4O2/c1-26(2,3)19-8-6-7-18(14-19)22-31-23(33-25(35)32-22)20-13-17(9-10-21(20)28)15-30-24(34)27(16-29)11-4-5-12-27/h6-10,13-14H,4-5,11-12,15-16H2,1-3H3,(H,30,34)(H,31,32,33,35). The number of hydrogen-bond donors (Lipinski definition) is 2. The Balaban J connectivity index is 1.62. The van der Waals surface area contributed by atoms with Gasteiger partial charge in [-0.2, -0.15) is 4.98 Å². The van der Waals surface area contributed by atoms with Crippen LogP contribution in [0, 0.1) is 5.41 Å². The molecule has 4 rings (SSSR count). The molecule has 1 aliphatic carbocycles. The van der Waals surface area contributed by atoms with Crippen molar-refractivity contribution in [3.05, 3.63) is 69.1 Å². The molecule has 0 radical (unpaired) electrons. The van der Waals surface area contributed by atoms with Gasteiger partial charge >= 0.3 is 5.69 Å². The van der Waals surface area contributed by atoms with Crippen molar-refractivity contribution in [1.29, 1.82) is 0 Å². The second kappa shape index (κ2) is 9.90. The van der Waals surface area contributed by atoms with Gasteiger partial charge in [-0.15, -0.1) is 0 Å². The van der Waals surface area contributed by atoms with Gasteiger partial charge in [0.25, 0.3) is 0 Å². The summed E-state index contributed by atoms with van der Waals surface area (Å²) < 4.78 is 13.6. The molecule has 6 nitrogen and oxygen atoms in total. The van der Waals surface area contributed by atoms with Gasteiger partial charge in [0.15, 0.2) is 5.82 Å². The largest absolute Gasteiger partial charge is 0.351 e. The van der Waals surface area contributed by atoms with Gasteiger partial charge in [0.1, 0.15) is 12.5 Å². The number of nitrogens with one attached hydrogen (secondary N) is 2. The van der Waals surface area contributed by atoms with Crippen LogP contribution in [0.3, 0.4) is 0 Å². The molecule has 1 saturated carbocycles. The van der Waals surface area contributed by atoms with E-state index in [2.05, 4.69) is 41.0 Å². The molecule has 1 heterocycles. The monoisotopic (exact) mass is 496 g/mol. The molecule has 0 saturated heterocycles. The number of benzene rings is 2. The molecule has 1 aromatic heterocycles. The fourth-order valence-corrected chi connectivity index (χ4v) is 4.68. The molecule has 0 bridgehead atoms. The van der Waals surface area contributed by atoms with Crippen LogP contribution >= 0.6 is 11.6 Å². The number of carbonyl (C=O) groups is 1. The highest BCUT2D eigenvalue weighted by Gasteiger charge is 2.41. The maximum atomic E-state index is 13.6. The summed E-state index contributed by atoms with van der Waals surface area (Å²) in [6, 6.07) is 13.1. The summed E-state index contributed by atoms with van der Waals surface area (Å²) in [5, 5.41) is 3.28. The average molecular weight is 497 g/mol. The smallest absolute Gasteiger partial charge is 0.348 e. The molecule has 0 unspecified atom stereocenters. The zero-order valence-electron chi connectivity index (χ0n) is 20.3. The predicted octanol–water partition coefficient (Wildman–Crippen LogP) is 5.60. The second-order valence-electron chi connectivity index (χ2n) is 10.3. The zero-order chi connectivity index (χ0) is 25.2. The molecule has 0 spiro atoms. The summed E-state index contributed by atoms with van der Waals surface area (Å²) in [6.07, 6.45) is 2.88. The maximum Gasteiger partial charge on any atom is 0.348 e. The summed E-state index contributed by atoms with van der Waals surface area (Å²) in [5.41, 5.74) is 1.60. The van der Waals surface area contributed by atoms with Crippen LogP contribution in [0.15, 0.2) is 47.3 Å². The number of H-pyrrole nitrogens is 1. The van der Waals surface area contributed by atoms with E-state index in [4.69, 9.17) is 11.6 Å². The van der Waals surface area contributed by atoms with Gasteiger partial charge < -0.3 is 5.32 Å². The molecule has 0 aliphatic heterocycles. The van der Waals surface area contributed by atoms with Crippen molar-refractivity contribution in [3.8, 4) is 22.8 Å². The summed E-state index contributed by atoms with van der Waals surface area (Å²) in [6.45, 7) is 5.92. The van der Waals surface area contributed by atoms with Crippen LogP contribution in [-0.4, -0.2) is 27.5 Å². The van der Waals surface area contributed by atoms with Crippen molar-refractivity contribution in [2.24, 2.45) is 5.41 Å². The number of nitrogens with zero attached hydrogens (tertiary/aromatic N) is 2. The quantitative estimate of drug-likeness (QED) is 0.465. The Labute approximate surface area is 209 Å². The highest BCUT2D eigenvalue weighted by molar-refractivity contribution is 6.33. The number of rotatable bonds is 6. The van der Waals surface area contributed by atoms with E-state index in [1.807, 2.05) is 24.3 Å². The lowest BCUT2D eigenvalue weighted by molar-refractivity contribution is -0.131. The van der Waals surface area contributed by atoms with E-state index in [0.717, 1.165) is 29.5 Å². The van der Waals surface area contributed by atoms with E-state index in [9.17, 15) is 14.0 Å². The molecule has 2 N–H and O–H groups in total. The highest BCUT2D eigenvalue weighted by atomic mass is 35.5. The molecular weight excluding hydrogens is 467 g/mol. The van der Waals surface area contributed by atoms with Gasteiger partial charge in [-0.1, -0.05) is 69.5 Å². The van der Waals surface area contributed by atoms with Crippen molar-refractivity contribution in [1.82, 2.24) is 20.3 Å².